The summed E-state index contributed by atoms with van der Waals surface area (Å²) in [6, 6.07) is 32.2. The van der Waals surface area contributed by atoms with Gasteiger partial charge in [0.05, 0.1) is 6.66 Å². The van der Waals surface area contributed by atoms with Crippen LogP contribution >= 0.6 is 7.26 Å². The molecule has 2 saturated carbocycles. The van der Waals surface area contributed by atoms with Crippen molar-refractivity contribution < 1.29 is 24.0 Å². The summed E-state index contributed by atoms with van der Waals surface area (Å²) in [7, 11) is -1.69. The molecule has 2 heteroatoms. The second kappa shape index (κ2) is 13.1. The summed E-state index contributed by atoms with van der Waals surface area (Å²) >= 11 is 0. The van der Waals surface area contributed by atoms with E-state index in [9.17, 15) is 0 Å². The standard InChI is InChI=1S/C34H44P.HI/c1-3-12-27-19-21-28(22-20-27)29-23-25-30(26-24-29)33-17-10-11-18-34(33)35(2,31-13-6-4-7-14-31)32-15-8-5-9-16-32;/h4-11,13-18,27-30H,3,12,19-26H2,1-2H3;1H/q+1;/p-1. The zero-order valence-corrected chi connectivity index (χ0v) is 25.3. The van der Waals surface area contributed by atoms with Crippen LogP contribution in [0.1, 0.15) is 82.6 Å². The van der Waals surface area contributed by atoms with E-state index in [4.69, 9.17) is 0 Å². The van der Waals surface area contributed by atoms with Gasteiger partial charge in [0.1, 0.15) is 23.2 Å². The van der Waals surface area contributed by atoms with Crippen LogP contribution in [0.5, 0.6) is 0 Å². The third kappa shape index (κ3) is 5.94. The van der Waals surface area contributed by atoms with Gasteiger partial charge in [-0.25, -0.2) is 0 Å². The molecule has 3 aromatic carbocycles. The lowest BCUT2D eigenvalue weighted by Gasteiger charge is -2.38. The van der Waals surface area contributed by atoms with E-state index in [-0.39, 0.29) is 24.0 Å². The molecule has 0 nitrogen and oxygen atoms in total. The summed E-state index contributed by atoms with van der Waals surface area (Å²) in [6.07, 6.45) is 14.5. The summed E-state index contributed by atoms with van der Waals surface area (Å²) < 4.78 is 0. The molecule has 0 aliphatic heterocycles. The molecule has 36 heavy (non-hydrogen) atoms. The highest BCUT2D eigenvalue weighted by atomic mass is 127. The maximum absolute atomic E-state index is 2.55. The second-order valence-electron chi connectivity index (χ2n) is 11.4. The third-order valence-electron chi connectivity index (χ3n) is 9.43. The molecule has 3 aromatic rings. The van der Waals surface area contributed by atoms with Crippen LogP contribution in [0, 0.1) is 17.8 Å². The van der Waals surface area contributed by atoms with Gasteiger partial charge in [-0.1, -0.05) is 87.2 Å². The Bertz CT molecular complexity index is 1010. The highest BCUT2D eigenvalue weighted by molar-refractivity contribution is 7.95. The van der Waals surface area contributed by atoms with E-state index in [0.717, 1.165) is 17.8 Å². The average molecular weight is 611 g/mol. The topological polar surface area (TPSA) is 0 Å². The minimum Gasteiger partial charge on any atom is -1.00 e. The van der Waals surface area contributed by atoms with Crippen molar-refractivity contribution in [2.75, 3.05) is 6.66 Å². The van der Waals surface area contributed by atoms with Gasteiger partial charge in [-0.2, -0.15) is 0 Å². The summed E-state index contributed by atoms with van der Waals surface area (Å²) in [6.45, 7) is 4.91. The quantitative estimate of drug-likeness (QED) is 0.245. The predicted molar refractivity (Wildman–Crippen MR) is 156 cm³/mol. The van der Waals surface area contributed by atoms with Crippen LogP contribution in [0.25, 0.3) is 0 Å². The molecule has 0 N–H and O–H groups in total. The highest BCUT2D eigenvalue weighted by Crippen LogP contribution is 2.54. The minimum atomic E-state index is -1.69. The van der Waals surface area contributed by atoms with E-state index in [1.54, 1.807) is 10.9 Å². The molecule has 0 bridgehead atoms. The second-order valence-corrected chi connectivity index (χ2v) is 14.9. The van der Waals surface area contributed by atoms with Crippen LogP contribution in [0.4, 0.5) is 0 Å². The Kier molecular flexibility index (Phi) is 10.1. The van der Waals surface area contributed by atoms with E-state index in [1.165, 1.54) is 74.8 Å². The van der Waals surface area contributed by atoms with Crippen LogP contribution in [0.2, 0.25) is 0 Å². The van der Waals surface area contributed by atoms with Crippen molar-refractivity contribution in [3.05, 3.63) is 90.5 Å². The molecule has 0 amide bonds. The maximum atomic E-state index is 2.55. The molecule has 2 fully saturated rings. The summed E-state index contributed by atoms with van der Waals surface area (Å²) in [5, 5.41) is 4.60. The molecule has 0 radical (unpaired) electrons. The first-order valence-electron chi connectivity index (χ1n) is 14.3. The monoisotopic (exact) mass is 610 g/mol. The fraction of sp³-hybridized carbons (Fsp3) is 0.471. The van der Waals surface area contributed by atoms with Gasteiger partial charge in [-0.3, -0.25) is 0 Å². The Morgan fingerprint density at radius 2 is 1.08 bits per heavy atom. The van der Waals surface area contributed by atoms with Gasteiger partial charge in [-0.15, -0.1) is 0 Å². The molecule has 0 atom stereocenters. The van der Waals surface area contributed by atoms with Crippen molar-refractivity contribution >= 4 is 23.2 Å². The molecule has 0 heterocycles. The number of hydrogen-bond acceptors (Lipinski definition) is 0. The average Bonchev–Trinajstić information content (AvgIpc) is 2.94. The van der Waals surface area contributed by atoms with Gasteiger partial charge in [0.2, 0.25) is 0 Å². The van der Waals surface area contributed by atoms with E-state index < -0.39 is 7.26 Å². The van der Waals surface area contributed by atoms with Crippen LogP contribution in [0.15, 0.2) is 84.9 Å². The zero-order chi connectivity index (χ0) is 24.1. The van der Waals surface area contributed by atoms with Crippen molar-refractivity contribution in [1.29, 1.82) is 0 Å². The van der Waals surface area contributed by atoms with Gasteiger partial charge in [-0.05, 0) is 98.1 Å². The van der Waals surface area contributed by atoms with Crippen LogP contribution in [-0.4, -0.2) is 6.66 Å². The first kappa shape index (κ1) is 27.8. The molecular weight excluding hydrogens is 566 g/mol. The minimum absolute atomic E-state index is 0. The lowest BCUT2D eigenvalue weighted by Crippen LogP contribution is -3.00. The summed E-state index contributed by atoms with van der Waals surface area (Å²) in [5.41, 5.74) is 1.64. The van der Waals surface area contributed by atoms with E-state index in [1.807, 2.05) is 0 Å². The van der Waals surface area contributed by atoms with E-state index in [0.29, 0.717) is 5.92 Å². The maximum Gasteiger partial charge on any atom is 0.109 e. The van der Waals surface area contributed by atoms with E-state index >= 15 is 0 Å². The molecule has 2 aliphatic rings. The van der Waals surface area contributed by atoms with Gasteiger partial charge >= 0.3 is 0 Å². The van der Waals surface area contributed by atoms with Crippen LogP contribution in [-0.2, 0) is 0 Å². The molecular formula is C34H44IP. The largest absolute Gasteiger partial charge is 1.00 e. The van der Waals surface area contributed by atoms with Crippen molar-refractivity contribution in [2.45, 2.75) is 77.0 Å². The number of rotatable bonds is 7. The van der Waals surface area contributed by atoms with Gasteiger partial charge < -0.3 is 24.0 Å². The van der Waals surface area contributed by atoms with Crippen molar-refractivity contribution in [1.82, 2.24) is 0 Å². The zero-order valence-electron chi connectivity index (χ0n) is 22.3. The van der Waals surface area contributed by atoms with Crippen LogP contribution < -0.4 is 39.9 Å². The van der Waals surface area contributed by atoms with Crippen LogP contribution in [0.3, 0.4) is 0 Å². The fourth-order valence-electron chi connectivity index (χ4n) is 7.38. The number of hydrogen-bond donors (Lipinski definition) is 0. The first-order chi connectivity index (χ1) is 17.2. The normalized spacial score (nSPS) is 24.6. The molecule has 0 unspecified atom stereocenters. The molecule has 192 valence electrons. The lowest BCUT2D eigenvalue weighted by molar-refractivity contribution is -0.00000714. The van der Waals surface area contributed by atoms with Gasteiger partial charge in [0.15, 0.2) is 0 Å². The summed E-state index contributed by atoms with van der Waals surface area (Å²) in [4.78, 5) is 0. The summed E-state index contributed by atoms with van der Waals surface area (Å²) in [5.74, 6) is 3.72. The van der Waals surface area contributed by atoms with Gasteiger partial charge in [0.25, 0.3) is 0 Å². The van der Waals surface area contributed by atoms with Crippen molar-refractivity contribution in [3.63, 3.8) is 0 Å². The Labute approximate surface area is 238 Å². The third-order valence-corrected chi connectivity index (χ3v) is 13.5. The van der Waals surface area contributed by atoms with Crippen molar-refractivity contribution in [2.24, 2.45) is 17.8 Å². The first-order valence-corrected chi connectivity index (χ1v) is 16.5. The smallest absolute Gasteiger partial charge is 0.109 e. The molecule has 5 rings (SSSR count). The highest BCUT2D eigenvalue weighted by Gasteiger charge is 2.43. The molecule has 0 aromatic heterocycles. The Morgan fingerprint density at radius 3 is 1.61 bits per heavy atom. The van der Waals surface area contributed by atoms with Gasteiger partial charge in [0, 0.05) is 0 Å². The van der Waals surface area contributed by atoms with E-state index in [2.05, 4.69) is 98.5 Å². The molecule has 2 aliphatic carbocycles. The predicted octanol–water partition coefficient (Wildman–Crippen LogP) is 5.49. The number of benzene rings is 3. The van der Waals surface area contributed by atoms with Crippen molar-refractivity contribution in [3.8, 4) is 0 Å². The number of halogens is 1. The SMILES string of the molecule is CCCC1CCC(C2CCC(c3ccccc3[P+](C)(c3ccccc3)c3ccccc3)CC2)CC1.[I-]. The Balaban J connectivity index is 0.00000304. The fourth-order valence-corrected chi connectivity index (χ4v) is 10.9. The Hall–Kier alpha value is -1.18. The molecule has 0 spiro atoms. The Morgan fingerprint density at radius 1 is 0.611 bits per heavy atom. The molecule has 0 saturated heterocycles. The lowest BCUT2D eigenvalue weighted by atomic mass is 9.68.